The van der Waals surface area contributed by atoms with Gasteiger partial charge in [0.25, 0.3) is 0 Å². The summed E-state index contributed by atoms with van der Waals surface area (Å²) in [5, 5.41) is 3.31. The molecule has 3 heteroatoms. The molecule has 1 aliphatic rings. The summed E-state index contributed by atoms with van der Waals surface area (Å²) in [6, 6.07) is 4.56. The van der Waals surface area contributed by atoms with Gasteiger partial charge >= 0.3 is 0 Å². The third kappa shape index (κ3) is 2.34. The topological polar surface area (TPSA) is 12.0 Å². The second kappa shape index (κ2) is 4.05. The monoisotopic (exact) mass is 239 g/mol. The third-order valence-corrected chi connectivity index (χ3v) is 3.62. The highest BCUT2D eigenvalue weighted by Gasteiger charge is 2.33. The van der Waals surface area contributed by atoms with E-state index in [2.05, 4.69) is 5.32 Å². The van der Waals surface area contributed by atoms with E-state index in [4.69, 9.17) is 0 Å². The minimum atomic E-state index is -1.43. The van der Waals surface area contributed by atoms with Crippen LogP contribution in [-0.2, 0) is 11.2 Å². The molecular weight excluding hydrogens is 220 g/mol. The van der Waals surface area contributed by atoms with Crippen LogP contribution in [0.5, 0.6) is 0 Å². The average molecular weight is 239 g/mol. The van der Waals surface area contributed by atoms with Crippen molar-refractivity contribution < 1.29 is 8.78 Å². The Balaban J connectivity index is 2.46. The van der Waals surface area contributed by atoms with Gasteiger partial charge in [0.05, 0.1) is 0 Å². The van der Waals surface area contributed by atoms with Crippen LogP contribution in [-0.4, -0.2) is 6.54 Å². The number of nitrogens with one attached hydrogen (secondary N) is 1. The summed E-state index contributed by atoms with van der Waals surface area (Å²) in [5.74, 6) is -0.255. The molecule has 2 rings (SSSR count). The summed E-state index contributed by atoms with van der Waals surface area (Å²) in [6.07, 6.45) is 1.92. The Morgan fingerprint density at radius 1 is 1.35 bits per heavy atom. The quantitative estimate of drug-likeness (QED) is 0.831. The molecule has 0 amide bonds. The lowest BCUT2D eigenvalue weighted by Crippen LogP contribution is -2.34. The molecule has 0 bridgehead atoms. The molecule has 1 atom stereocenters. The number of alkyl halides is 1. The number of rotatable bonds is 2. The molecule has 1 heterocycles. The Hall–Kier alpha value is -0.960. The van der Waals surface area contributed by atoms with Crippen molar-refractivity contribution in [2.75, 3.05) is 6.54 Å². The molecule has 0 aromatic heterocycles. The summed E-state index contributed by atoms with van der Waals surface area (Å²) < 4.78 is 27.8. The number of benzene rings is 1. The van der Waals surface area contributed by atoms with Crippen LogP contribution in [0.15, 0.2) is 18.2 Å². The average Bonchev–Trinajstić information content (AvgIpc) is 2.65. The van der Waals surface area contributed by atoms with Gasteiger partial charge in [-0.05, 0) is 57.9 Å². The Bertz CT molecular complexity index is 415. The maximum Gasteiger partial charge on any atom is 0.130 e. The molecule has 1 aromatic carbocycles. The van der Waals surface area contributed by atoms with Gasteiger partial charge in [0.2, 0.25) is 0 Å². The molecular formula is C14H19F2N. The van der Waals surface area contributed by atoms with Crippen LogP contribution in [0.2, 0.25) is 0 Å². The summed E-state index contributed by atoms with van der Waals surface area (Å²) in [4.78, 5) is 0. The van der Waals surface area contributed by atoms with Gasteiger partial charge < -0.3 is 5.32 Å². The van der Waals surface area contributed by atoms with Gasteiger partial charge in [0, 0.05) is 11.1 Å². The molecule has 17 heavy (non-hydrogen) atoms. The number of hydrogen-bond acceptors (Lipinski definition) is 1. The molecule has 1 fully saturated rings. The van der Waals surface area contributed by atoms with E-state index < -0.39 is 5.67 Å². The highest BCUT2D eigenvalue weighted by atomic mass is 19.1. The lowest BCUT2D eigenvalue weighted by Gasteiger charge is -2.27. The van der Waals surface area contributed by atoms with E-state index in [0.29, 0.717) is 11.1 Å². The van der Waals surface area contributed by atoms with E-state index in [0.717, 1.165) is 19.4 Å². The van der Waals surface area contributed by atoms with Crippen LogP contribution in [0.4, 0.5) is 8.78 Å². The molecule has 1 saturated heterocycles. The van der Waals surface area contributed by atoms with Crippen molar-refractivity contribution in [3.05, 3.63) is 35.1 Å². The summed E-state index contributed by atoms with van der Waals surface area (Å²) in [6.45, 7) is 5.86. The van der Waals surface area contributed by atoms with Crippen molar-refractivity contribution in [1.29, 1.82) is 0 Å². The van der Waals surface area contributed by atoms with Crippen LogP contribution >= 0.6 is 0 Å². The molecule has 1 unspecified atom stereocenters. The first-order valence-corrected chi connectivity index (χ1v) is 6.07. The maximum absolute atomic E-state index is 13.9. The van der Waals surface area contributed by atoms with E-state index in [1.807, 2.05) is 6.92 Å². The van der Waals surface area contributed by atoms with Crippen molar-refractivity contribution in [3.63, 3.8) is 0 Å². The summed E-state index contributed by atoms with van der Waals surface area (Å²) in [5.41, 5.74) is -0.676. The fraction of sp³-hybridized carbons (Fsp3) is 0.571. The fourth-order valence-electron chi connectivity index (χ4n) is 2.44. The van der Waals surface area contributed by atoms with Gasteiger partial charge in [-0.15, -0.1) is 0 Å². The van der Waals surface area contributed by atoms with Gasteiger partial charge in [0.1, 0.15) is 11.5 Å². The van der Waals surface area contributed by atoms with Crippen molar-refractivity contribution in [3.8, 4) is 0 Å². The van der Waals surface area contributed by atoms with E-state index in [9.17, 15) is 8.78 Å². The summed E-state index contributed by atoms with van der Waals surface area (Å²) in [7, 11) is 0. The molecule has 0 spiro atoms. The van der Waals surface area contributed by atoms with Gasteiger partial charge in [-0.1, -0.05) is 6.07 Å². The standard InChI is InChI=1S/C14H19F2N/c1-13(2,16)10-5-6-12(15)11(9-10)14(3)7-4-8-17-14/h5-6,9,17H,4,7-8H2,1-3H3. The Kier molecular flexibility index (Phi) is 2.98. The molecule has 1 nitrogen and oxygen atoms in total. The van der Waals surface area contributed by atoms with E-state index in [1.165, 1.54) is 26.0 Å². The minimum Gasteiger partial charge on any atom is -0.308 e. The normalized spacial score (nSPS) is 25.2. The predicted molar refractivity (Wildman–Crippen MR) is 65.1 cm³/mol. The zero-order valence-corrected chi connectivity index (χ0v) is 10.6. The highest BCUT2D eigenvalue weighted by Crippen LogP contribution is 2.35. The third-order valence-electron chi connectivity index (χ3n) is 3.62. The van der Waals surface area contributed by atoms with Crippen LogP contribution in [0.25, 0.3) is 0 Å². The predicted octanol–water partition coefficient (Wildman–Crippen LogP) is 3.63. The Labute approximate surface area is 101 Å². The van der Waals surface area contributed by atoms with Crippen LogP contribution in [0.1, 0.15) is 44.7 Å². The first-order chi connectivity index (χ1) is 7.83. The zero-order chi connectivity index (χ0) is 12.7. The van der Waals surface area contributed by atoms with E-state index in [1.54, 1.807) is 6.07 Å². The van der Waals surface area contributed by atoms with E-state index in [-0.39, 0.29) is 11.4 Å². The van der Waals surface area contributed by atoms with Gasteiger partial charge in [-0.3, -0.25) is 0 Å². The molecule has 0 radical (unpaired) electrons. The second-order valence-corrected chi connectivity index (χ2v) is 5.53. The summed E-state index contributed by atoms with van der Waals surface area (Å²) >= 11 is 0. The molecule has 0 saturated carbocycles. The smallest absolute Gasteiger partial charge is 0.130 e. The van der Waals surface area contributed by atoms with Crippen LogP contribution in [0, 0.1) is 5.82 Å². The fourth-order valence-corrected chi connectivity index (χ4v) is 2.44. The van der Waals surface area contributed by atoms with Crippen LogP contribution in [0.3, 0.4) is 0 Å². The Morgan fingerprint density at radius 2 is 2.06 bits per heavy atom. The largest absolute Gasteiger partial charge is 0.308 e. The lowest BCUT2D eigenvalue weighted by molar-refractivity contribution is 0.220. The highest BCUT2D eigenvalue weighted by molar-refractivity contribution is 5.34. The van der Waals surface area contributed by atoms with Crippen molar-refractivity contribution in [2.45, 2.75) is 44.8 Å². The maximum atomic E-state index is 13.9. The van der Waals surface area contributed by atoms with Gasteiger partial charge in [-0.2, -0.15) is 0 Å². The van der Waals surface area contributed by atoms with Crippen molar-refractivity contribution in [2.24, 2.45) is 0 Å². The molecule has 1 aromatic rings. The first kappa shape index (κ1) is 12.5. The van der Waals surface area contributed by atoms with Crippen molar-refractivity contribution in [1.82, 2.24) is 5.32 Å². The van der Waals surface area contributed by atoms with Gasteiger partial charge in [-0.25, -0.2) is 8.78 Å². The molecule has 94 valence electrons. The molecule has 1 aliphatic heterocycles. The number of halogens is 2. The number of hydrogen-bond donors (Lipinski definition) is 1. The molecule has 1 N–H and O–H groups in total. The second-order valence-electron chi connectivity index (χ2n) is 5.53. The zero-order valence-electron chi connectivity index (χ0n) is 10.6. The van der Waals surface area contributed by atoms with E-state index >= 15 is 0 Å². The van der Waals surface area contributed by atoms with Crippen molar-refractivity contribution >= 4 is 0 Å². The Morgan fingerprint density at radius 3 is 2.59 bits per heavy atom. The first-order valence-electron chi connectivity index (χ1n) is 6.07. The molecule has 0 aliphatic carbocycles. The minimum absolute atomic E-state index is 0.255. The van der Waals surface area contributed by atoms with Gasteiger partial charge in [0.15, 0.2) is 0 Å². The SMILES string of the molecule is CC(C)(F)c1ccc(F)c(C2(C)CCCN2)c1. The lowest BCUT2D eigenvalue weighted by atomic mass is 9.86. The van der Waals surface area contributed by atoms with Crippen LogP contribution < -0.4 is 5.32 Å².